The summed E-state index contributed by atoms with van der Waals surface area (Å²) in [7, 11) is 0. The van der Waals surface area contributed by atoms with Crippen molar-refractivity contribution in [3.05, 3.63) is 66.7 Å². The van der Waals surface area contributed by atoms with Crippen molar-refractivity contribution in [2.45, 2.75) is 51.2 Å². The smallest absolute Gasteiger partial charge is 0.135 e. The van der Waals surface area contributed by atoms with Gasteiger partial charge in [-0.05, 0) is 68.6 Å². The van der Waals surface area contributed by atoms with Crippen molar-refractivity contribution < 1.29 is 5.11 Å². The Morgan fingerprint density at radius 2 is 2.03 bits per heavy atom. The molecule has 0 spiro atoms. The number of anilines is 1. The first-order valence-corrected chi connectivity index (χ1v) is 12.8. The number of H-pyrrole nitrogens is 1. The molecule has 0 aliphatic heterocycles. The summed E-state index contributed by atoms with van der Waals surface area (Å²) in [5, 5.41) is 26.5. The minimum Gasteiger partial charge on any atom is -0.390 e. The van der Waals surface area contributed by atoms with Crippen LogP contribution in [0.2, 0.25) is 0 Å². The first kappa shape index (κ1) is 22.8. The number of aliphatic imine (C=N–C) groups is 1. The number of aromatic nitrogens is 4. The maximum Gasteiger partial charge on any atom is 0.135 e. The van der Waals surface area contributed by atoms with Crippen LogP contribution in [-0.2, 0) is 0 Å². The van der Waals surface area contributed by atoms with E-state index in [0.717, 1.165) is 59.3 Å². The van der Waals surface area contributed by atoms with Gasteiger partial charge in [-0.25, -0.2) is 9.51 Å². The van der Waals surface area contributed by atoms with Crippen molar-refractivity contribution >= 4 is 22.7 Å². The summed E-state index contributed by atoms with van der Waals surface area (Å²) >= 11 is 0. The number of fused-ring (bicyclic) bond motifs is 3. The fraction of sp³-hybridized carbons (Fsp3) is 0.393. The number of amidine groups is 1. The molecule has 4 aromatic rings. The molecule has 0 saturated heterocycles. The molecule has 2 fully saturated rings. The zero-order valence-corrected chi connectivity index (χ0v) is 20.7. The van der Waals surface area contributed by atoms with Crippen molar-refractivity contribution in [1.82, 2.24) is 19.8 Å². The topological polar surface area (TPSA) is 117 Å². The van der Waals surface area contributed by atoms with Crippen molar-refractivity contribution in [2.24, 2.45) is 28.5 Å². The molecule has 2 bridgehead atoms. The molecule has 1 aromatic carbocycles. The van der Waals surface area contributed by atoms with Gasteiger partial charge in [-0.1, -0.05) is 25.1 Å². The Morgan fingerprint density at radius 3 is 2.81 bits per heavy atom. The maximum atomic E-state index is 10.9. The lowest BCUT2D eigenvalue weighted by Crippen LogP contribution is -2.50. The number of hydrogen-bond donors (Lipinski definition) is 4. The Morgan fingerprint density at radius 1 is 1.19 bits per heavy atom. The van der Waals surface area contributed by atoms with E-state index in [4.69, 9.17) is 10.7 Å². The third-order valence-electron chi connectivity index (χ3n) is 7.95. The van der Waals surface area contributed by atoms with Gasteiger partial charge in [0.25, 0.3) is 0 Å². The van der Waals surface area contributed by atoms with Crippen LogP contribution in [0.1, 0.15) is 45.1 Å². The molecule has 186 valence electrons. The second kappa shape index (κ2) is 8.78. The molecule has 8 heteroatoms. The maximum absolute atomic E-state index is 10.9. The molecule has 0 amide bonds. The molecule has 36 heavy (non-hydrogen) atoms. The van der Waals surface area contributed by atoms with Crippen LogP contribution in [0.3, 0.4) is 0 Å². The second-order valence-corrected chi connectivity index (χ2v) is 11.0. The van der Waals surface area contributed by atoms with Crippen LogP contribution >= 0.6 is 0 Å². The lowest BCUT2D eigenvalue weighted by atomic mass is 9.61. The highest BCUT2D eigenvalue weighted by Gasteiger charge is 2.45. The molecular weight excluding hydrogens is 450 g/mol. The third-order valence-corrected chi connectivity index (χ3v) is 7.95. The van der Waals surface area contributed by atoms with Crippen molar-refractivity contribution in [1.29, 1.82) is 0 Å². The number of hydrogen-bond acceptors (Lipinski definition) is 5. The van der Waals surface area contributed by atoms with Crippen LogP contribution < -0.4 is 11.1 Å². The summed E-state index contributed by atoms with van der Waals surface area (Å²) in [5.74, 6) is 1.86. The van der Waals surface area contributed by atoms with E-state index in [-0.39, 0.29) is 6.04 Å². The lowest BCUT2D eigenvalue weighted by molar-refractivity contribution is -0.0501. The number of nitrogens with one attached hydrogen (secondary N) is 2. The fourth-order valence-corrected chi connectivity index (χ4v) is 6.55. The molecule has 2 aliphatic carbocycles. The SMILES string of the molecule is CC1CC2CC(CC(C)(O)C2)C1Nc1c(/C(N)=N/c2ccccc2)cnn2cc(-c3cn[nH]c3)cc12. The molecule has 2 aliphatic rings. The predicted octanol–water partition coefficient (Wildman–Crippen LogP) is 4.75. The van der Waals surface area contributed by atoms with Gasteiger partial charge >= 0.3 is 0 Å². The third kappa shape index (κ3) is 4.26. The van der Waals surface area contributed by atoms with Gasteiger partial charge in [0.1, 0.15) is 5.84 Å². The molecule has 5 atom stereocenters. The highest BCUT2D eigenvalue weighted by atomic mass is 16.3. The van der Waals surface area contributed by atoms with E-state index in [9.17, 15) is 5.11 Å². The first-order valence-electron chi connectivity index (χ1n) is 12.8. The highest BCUT2D eigenvalue weighted by Crippen LogP contribution is 2.47. The Labute approximate surface area is 210 Å². The molecule has 5 N–H and O–H groups in total. The highest BCUT2D eigenvalue weighted by molar-refractivity contribution is 6.06. The molecular formula is C28H33N7O. The number of aromatic amines is 1. The Balaban J connectivity index is 1.45. The van der Waals surface area contributed by atoms with Gasteiger partial charge in [-0.2, -0.15) is 10.2 Å². The van der Waals surface area contributed by atoms with Crippen LogP contribution in [0.5, 0.6) is 0 Å². The van der Waals surface area contributed by atoms with E-state index < -0.39 is 5.60 Å². The Kier molecular flexibility index (Phi) is 5.56. The average Bonchev–Trinajstić information content (AvgIpc) is 3.51. The van der Waals surface area contributed by atoms with E-state index in [0.29, 0.717) is 23.6 Å². The monoisotopic (exact) mass is 483 g/mol. The normalized spacial score (nSPS) is 28.4. The van der Waals surface area contributed by atoms with E-state index in [1.807, 2.05) is 60.4 Å². The van der Waals surface area contributed by atoms with Gasteiger partial charge in [0.2, 0.25) is 0 Å². The molecule has 3 aromatic heterocycles. The fourth-order valence-electron chi connectivity index (χ4n) is 6.55. The van der Waals surface area contributed by atoms with E-state index >= 15 is 0 Å². The molecule has 6 rings (SSSR count). The zero-order valence-electron chi connectivity index (χ0n) is 20.7. The van der Waals surface area contributed by atoms with Crippen LogP contribution in [0.15, 0.2) is 66.2 Å². The summed E-state index contributed by atoms with van der Waals surface area (Å²) in [5.41, 5.74) is 11.5. The molecule has 8 nitrogen and oxygen atoms in total. The molecule has 3 heterocycles. The van der Waals surface area contributed by atoms with Crippen LogP contribution in [0, 0.1) is 17.8 Å². The minimum absolute atomic E-state index is 0.217. The summed E-state index contributed by atoms with van der Waals surface area (Å²) in [6.07, 6.45) is 11.4. The average molecular weight is 484 g/mol. The second-order valence-electron chi connectivity index (χ2n) is 11.0. The number of rotatable bonds is 5. The number of aliphatic hydroxyl groups is 1. The summed E-state index contributed by atoms with van der Waals surface area (Å²) in [6, 6.07) is 12.1. The number of benzene rings is 1. The summed E-state index contributed by atoms with van der Waals surface area (Å²) in [4.78, 5) is 4.70. The Bertz CT molecular complexity index is 1390. The standard InChI is InChI=1S/C28H33N7O/c1-17-8-18-9-19(12-28(2,36)11-18)25(17)34-26-23(27(29)33-22-6-4-3-5-7-22)15-32-35-16-20(10-24(26)35)21-13-30-31-14-21/h3-7,10,13-19,25,34,36H,8-9,11-12H2,1-2H3,(H2,29,33)(H,30,31). The van der Waals surface area contributed by atoms with Gasteiger partial charge in [0, 0.05) is 29.6 Å². The van der Waals surface area contributed by atoms with E-state index in [1.54, 1.807) is 6.20 Å². The van der Waals surface area contributed by atoms with Gasteiger partial charge in [0.15, 0.2) is 0 Å². The van der Waals surface area contributed by atoms with Crippen molar-refractivity contribution in [3.63, 3.8) is 0 Å². The lowest BCUT2D eigenvalue weighted by Gasteiger charge is -2.49. The van der Waals surface area contributed by atoms with Crippen LogP contribution in [0.25, 0.3) is 16.6 Å². The summed E-state index contributed by atoms with van der Waals surface area (Å²) < 4.78 is 1.89. The van der Waals surface area contributed by atoms with E-state index in [1.165, 1.54) is 0 Å². The van der Waals surface area contributed by atoms with Crippen LogP contribution in [-0.4, -0.2) is 42.4 Å². The van der Waals surface area contributed by atoms with Gasteiger partial charge in [-0.3, -0.25) is 5.10 Å². The minimum atomic E-state index is -0.610. The molecule has 2 saturated carbocycles. The number of nitrogens with zero attached hydrogens (tertiary/aromatic N) is 4. The first-order chi connectivity index (χ1) is 17.4. The molecule has 0 radical (unpaired) electrons. The van der Waals surface area contributed by atoms with E-state index in [2.05, 4.69) is 33.6 Å². The van der Waals surface area contributed by atoms with Gasteiger partial charge < -0.3 is 16.2 Å². The zero-order chi connectivity index (χ0) is 24.9. The number of para-hydroxylation sites is 1. The van der Waals surface area contributed by atoms with Crippen molar-refractivity contribution in [2.75, 3.05) is 5.32 Å². The Hall–Kier alpha value is -3.65. The van der Waals surface area contributed by atoms with Gasteiger partial charge in [-0.15, -0.1) is 0 Å². The quantitative estimate of drug-likeness (QED) is 0.241. The van der Waals surface area contributed by atoms with Gasteiger partial charge in [0.05, 0.1) is 40.4 Å². The predicted molar refractivity (Wildman–Crippen MR) is 142 cm³/mol. The molecule has 5 unspecified atom stereocenters. The van der Waals surface area contributed by atoms with Crippen LogP contribution in [0.4, 0.5) is 11.4 Å². The number of nitrogens with two attached hydrogens (primary N) is 1. The summed E-state index contributed by atoms with van der Waals surface area (Å²) in [6.45, 7) is 4.31. The largest absolute Gasteiger partial charge is 0.390 e. The van der Waals surface area contributed by atoms with Crippen molar-refractivity contribution in [3.8, 4) is 11.1 Å².